The number of hydrogen-bond acceptors (Lipinski definition) is 4. The van der Waals surface area contributed by atoms with Crippen LogP contribution in [0.25, 0.3) is 0 Å². The molecule has 2 aromatic rings. The number of imide groups is 1. The molecule has 0 bridgehead atoms. The molecule has 2 N–H and O–H groups in total. The van der Waals surface area contributed by atoms with Gasteiger partial charge in [-0.05, 0) is 11.6 Å². The first-order valence-corrected chi connectivity index (χ1v) is 7.53. The van der Waals surface area contributed by atoms with Gasteiger partial charge in [-0.2, -0.15) is 5.10 Å². The highest BCUT2D eigenvalue weighted by Gasteiger charge is 2.30. The number of amides is 4. The first kappa shape index (κ1) is 15.7. The average molecular weight is 327 g/mol. The van der Waals surface area contributed by atoms with E-state index in [-0.39, 0.29) is 19.1 Å². The minimum Gasteiger partial charge on any atom is -0.346 e. The smallest absolute Gasteiger partial charge is 0.325 e. The highest BCUT2D eigenvalue weighted by Crippen LogP contribution is 2.15. The Kier molecular flexibility index (Phi) is 4.55. The zero-order valence-electron chi connectivity index (χ0n) is 12.9. The van der Waals surface area contributed by atoms with Crippen LogP contribution in [-0.2, 0) is 16.1 Å². The Balaban J connectivity index is 1.70. The lowest BCUT2D eigenvalue weighted by atomic mass is 10.1. The van der Waals surface area contributed by atoms with Gasteiger partial charge in [-0.1, -0.05) is 30.3 Å². The van der Waals surface area contributed by atoms with Crippen LogP contribution in [0.4, 0.5) is 4.79 Å². The molecule has 8 heteroatoms. The number of urea groups is 1. The first-order valence-electron chi connectivity index (χ1n) is 7.53. The number of carbonyl (C=O) groups excluding carboxylic acids is 3. The van der Waals surface area contributed by atoms with Gasteiger partial charge in [0.2, 0.25) is 5.91 Å². The normalized spacial score (nSPS) is 15.2. The second-order valence-electron chi connectivity index (χ2n) is 5.40. The molecule has 4 amide bonds. The molecule has 1 unspecified atom stereocenters. The number of carbonyl (C=O) groups is 3. The molecule has 1 atom stereocenters. The largest absolute Gasteiger partial charge is 0.346 e. The number of rotatable bonds is 6. The zero-order chi connectivity index (χ0) is 16.9. The third-order valence-electron chi connectivity index (χ3n) is 3.70. The molecular weight excluding hydrogens is 310 g/mol. The van der Waals surface area contributed by atoms with E-state index in [1.807, 2.05) is 30.3 Å². The van der Waals surface area contributed by atoms with Crippen molar-refractivity contribution in [1.29, 1.82) is 0 Å². The van der Waals surface area contributed by atoms with Crippen molar-refractivity contribution in [2.24, 2.45) is 0 Å². The van der Waals surface area contributed by atoms with Crippen molar-refractivity contribution in [3.63, 3.8) is 0 Å². The molecule has 1 saturated heterocycles. The van der Waals surface area contributed by atoms with Crippen molar-refractivity contribution >= 4 is 17.8 Å². The molecule has 24 heavy (non-hydrogen) atoms. The Bertz CT molecular complexity index is 713. The van der Waals surface area contributed by atoms with E-state index in [9.17, 15) is 14.4 Å². The summed E-state index contributed by atoms with van der Waals surface area (Å²) < 4.78 is 1.71. The minimum absolute atomic E-state index is 0.0679. The predicted octanol–water partition coefficient (Wildman–Crippen LogP) is 0.292. The number of nitrogens with zero attached hydrogens (tertiary/aromatic N) is 3. The summed E-state index contributed by atoms with van der Waals surface area (Å²) in [6.45, 7) is 0.0809. The maximum atomic E-state index is 12.3. The topological polar surface area (TPSA) is 96.3 Å². The summed E-state index contributed by atoms with van der Waals surface area (Å²) in [4.78, 5) is 36.3. The fourth-order valence-corrected chi connectivity index (χ4v) is 2.51. The van der Waals surface area contributed by atoms with Gasteiger partial charge >= 0.3 is 6.03 Å². The van der Waals surface area contributed by atoms with Crippen LogP contribution in [0, 0.1) is 0 Å². The van der Waals surface area contributed by atoms with Crippen LogP contribution in [0.3, 0.4) is 0 Å². The molecule has 2 heterocycles. The van der Waals surface area contributed by atoms with Gasteiger partial charge in [0.15, 0.2) is 0 Å². The van der Waals surface area contributed by atoms with Crippen molar-refractivity contribution in [2.75, 3.05) is 13.1 Å². The number of hydrogen-bond donors (Lipinski definition) is 2. The monoisotopic (exact) mass is 327 g/mol. The lowest BCUT2D eigenvalue weighted by Gasteiger charge is -2.21. The second-order valence-corrected chi connectivity index (χ2v) is 5.40. The Morgan fingerprint density at radius 3 is 2.67 bits per heavy atom. The fourth-order valence-electron chi connectivity index (χ4n) is 2.51. The zero-order valence-corrected chi connectivity index (χ0v) is 12.9. The summed E-state index contributed by atoms with van der Waals surface area (Å²) in [5.41, 5.74) is 0.915. The maximum Gasteiger partial charge on any atom is 0.325 e. The van der Waals surface area contributed by atoms with E-state index >= 15 is 0 Å². The van der Waals surface area contributed by atoms with Gasteiger partial charge in [0, 0.05) is 12.4 Å². The average Bonchev–Trinajstić information content (AvgIpc) is 3.20. The molecule has 0 aliphatic carbocycles. The summed E-state index contributed by atoms with van der Waals surface area (Å²) in [5.74, 6) is -0.806. The second kappa shape index (κ2) is 6.95. The summed E-state index contributed by atoms with van der Waals surface area (Å²) in [7, 11) is 0. The molecule has 8 nitrogen and oxygen atoms in total. The van der Waals surface area contributed by atoms with Gasteiger partial charge in [0.1, 0.15) is 6.54 Å². The van der Waals surface area contributed by atoms with Gasteiger partial charge in [0.05, 0.1) is 19.1 Å². The van der Waals surface area contributed by atoms with Crippen molar-refractivity contribution < 1.29 is 14.4 Å². The van der Waals surface area contributed by atoms with E-state index in [1.54, 1.807) is 23.1 Å². The number of aromatic nitrogens is 2. The van der Waals surface area contributed by atoms with E-state index in [4.69, 9.17) is 0 Å². The van der Waals surface area contributed by atoms with Gasteiger partial charge in [-0.15, -0.1) is 0 Å². The van der Waals surface area contributed by atoms with E-state index in [0.29, 0.717) is 6.54 Å². The highest BCUT2D eigenvalue weighted by molar-refractivity contribution is 6.04. The Labute approximate surface area is 138 Å². The van der Waals surface area contributed by atoms with Crippen molar-refractivity contribution in [1.82, 2.24) is 25.3 Å². The van der Waals surface area contributed by atoms with Gasteiger partial charge in [0.25, 0.3) is 5.91 Å². The van der Waals surface area contributed by atoms with Crippen LogP contribution < -0.4 is 10.6 Å². The molecule has 1 aliphatic rings. The predicted molar refractivity (Wildman–Crippen MR) is 84.7 cm³/mol. The summed E-state index contributed by atoms with van der Waals surface area (Å²) in [6.07, 6.45) is 3.47. The lowest BCUT2D eigenvalue weighted by Crippen LogP contribution is -2.42. The Morgan fingerprint density at radius 2 is 2.04 bits per heavy atom. The molecule has 0 spiro atoms. The standard InChI is InChI=1S/C16H17N5O3/c22-14(11-21-15(23)9-17-16(21)24)19-13(10-20-8-4-7-18-20)12-5-2-1-3-6-12/h1-8,13H,9-11H2,(H,17,24)(H,19,22). The Hall–Kier alpha value is -3.16. The number of benzene rings is 1. The SMILES string of the molecule is O=C(CN1C(=O)CNC1=O)NC(Cn1cccn1)c1ccccc1. The molecule has 0 saturated carbocycles. The van der Waals surface area contributed by atoms with Crippen LogP contribution in [0.15, 0.2) is 48.8 Å². The van der Waals surface area contributed by atoms with Gasteiger partial charge < -0.3 is 10.6 Å². The van der Waals surface area contributed by atoms with Crippen molar-refractivity contribution in [2.45, 2.75) is 12.6 Å². The minimum atomic E-state index is -0.543. The van der Waals surface area contributed by atoms with Crippen LogP contribution in [-0.4, -0.2) is 45.6 Å². The van der Waals surface area contributed by atoms with Crippen LogP contribution in [0.2, 0.25) is 0 Å². The van der Waals surface area contributed by atoms with E-state index in [0.717, 1.165) is 10.5 Å². The molecule has 1 aromatic heterocycles. The number of nitrogens with one attached hydrogen (secondary N) is 2. The maximum absolute atomic E-state index is 12.3. The molecule has 3 rings (SSSR count). The van der Waals surface area contributed by atoms with Crippen molar-refractivity contribution in [3.05, 3.63) is 54.4 Å². The quantitative estimate of drug-likeness (QED) is 0.746. The molecule has 1 aliphatic heterocycles. The molecule has 1 aromatic carbocycles. The molecule has 1 fully saturated rings. The third kappa shape index (κ3) is 3.60. The van der Waals surface area contributed by atoms with Crippen LogP contribution in [0.5, 0.6) is 0 Å². The lowest BCUT2D eigenvalue weighted by molar-refractivity contribution is -0.131. The molecule has 124 valence electrons. The van der Waals surface area contributed by atoms with E-state index in [1.165, 1.54) is 0 Å². The highest BCUT2D eigenvalue weighted by atomic mass is 16.2. The Morgan fingerprint density at radius 1 is 1.25 bits per heavy atom. The summed E-state index contributed by atoms with van der Waals surface area (Å²) in [6, 6.07) is 10.4. The van der Waals surface area contributed by atoms with Gasteiger partial charge in [-0.25, -0.2) is 4.79 Å². The molecular formula is C16H17N5O3. The summed E-state index contributed by atoms with van der Waals surface area (Å²) >= 11 is 0. The van der Waals surface area contributed by atoms with E-state index in [2.05, 4.69) is 15.7 Å². The first-order chi connectivity index (χ1) is 11.6. The third-order valence-corrected chi connectivity index (χ3v) is 3.70. The van der Waals surface area contributed by atoms with Crippen molar-refractivity contribution in [3.8, 4) is 0 Å². The van der Waals surface area contributed by atoms with E-state index < -0.39 is 17.8 Å². The van der Waals surface area contributed by atoms with Crippen LogP contribution >= 0.6 is 0 Å². The van der Waals surface area contributed by atoms with Crippen LogP contribution in [0.1, 0.15) is 11.6 Å². The molecule has 0 radical (unpaired) electrons. The fraction of sp³-hybridized carbons (Fsp3) is 0.250. The summed E-state index contributed by atoms with van der Waals surface area (Å²) in [5, 5.41) is 9.41. The van der Waals surface area contributed by atoms with Gasteiger partial charge in [-0.3, -0.25) is 19.2 Å².